The largest absolute Gasteiger partial charge is 0.478 e. The summed E-state index contributed by atoms with van der Waals surface area (Å²) < 4.78 is 5.68. The molecule has 0 aliphatic carbocycles. The van der Waals surface area contributed by atoms with E-state index < -0.39 is 11.9 Å². The fourth-order valence-corrected chi connectivity index (χ4v) is 2.72. The molecule has 1 N–H and O–H groups in total. The molecule has 2 unspecified atom stereocenters. The standard InChI is InChI=1S/C20H30O4/c1-4-6-7-8-9-14-18(15(3)5-2)24-20(23)17-13-11-10-12-16(17)19(21)22/h10-13,15,18H,4-9,14H2,1-3H3,(H,21,22). The maximum atomic E-state index is 12.5. The maximum Gasteiger partial charge on any atom is 0.339 e. The van der Waals surface area contributed by atoms with Gasteiger partial charge in [-0.25, -0.2) is 9.59 Å². The number of unbranched alkanes of at least 4 members (excludes halogenated alkanes) is 4. The predicted molar refractivity (Wildman–Crippen MR) is 95.4 cm³/mol. The number of aromatic carboxylic acids is 1. The fraction of sp³-hybridized carbons (Fsp3) is 0.600. The van der Waals surface area contributed by atoms with Gasteiger partial charge in [0, 0.05) is 0 Å². The summed E-state index contributed by atoms with van der Waals surface area (Å²) >= 11 is 0. The van der Waals surface area contributed by atoms with E-state index in [2.05, 4.69) is 20.8 Å². The van der Waals surface area contributed by atoms with Crippen LogP contribution in [0.4, 0.5) is 0 Å². The summed E-state index contributed by atoms with van der Waals surface area (Å²) in [5.74, 6) is -1.38. The van der Waals surface area contributed by atoms with Crippen molar-refractivity contribution in [3.8, 4) is 0 Å². The molecule has 0 heterocycles. The smallest absolute Gasteiger partial charge is 0.339 e. The third-order valence-corrected chi connectivity index (χ3v) is 4.51. The van der Waals surface area contributed by atoms with Crippen LogP contribution in [0.25, 0.3) is 0 Å². The third kappa shape index (κ3) is 6.34. The van der Waals surface area contributed by atoms with Crippen molar-refractivity contribution in [1.29, 1.82) is 0 Å². The molecule has 0 saturated heterocycles. The highest BCUT2D eigenvalue weighted by molar-refractivity contribution is 6.02. The lowest BCUT2D eigenvalue weighted by molar-refractivity contribution is 0.0119. The van der Waals surface area contributed by atoms with E-state index in [0.29, 0.717) is 0 Å². The second-order valence-corrected chi connectivity index (χ2v) is 6.38. The first-order chi connectivity index (χ1) is 11.5. The number of carbonyl (C=O) groups excluding carboxylic acids is 1. The molecule has 1 aromatic carbocycles. The molecule has 134 valence electrons. The zero-order valence-electron chi connectivity index (χ0n) is 15.1. The van der Waals surface area contributed by atoms with Crippen LogP contribution in [0.1, 0.15) is 86.4 Å². The van der Waals surface area contributed by atoms with Crippen LogP contribution in [-0.2, 0) is 4.74 Å². The molecule has 1 rings (SSSR count). The van der Waals surface area contributed by atoms with Crippen LogP contribution < -0.4 is 0 Å². The molecule has 24 heavy (non-hydrogen) atoms. The van der Waals surface area contributed by atoms with E-state index in [9.17, 15) is 14.7 Å². The summed E-state index contributed by atoms with van der Waals surface area (Å²) in [7, 11) is 0. The number of hydrogen-bond donors (Lipinski definition) is 1. The molecule has 4 heteroatoms. The molecule has 0 aliphatic heterocycles. The lowest BCUT2D eigenvalue weighted by Crippen LogP contribution is -2.26. The zero-order chi connectivity index (χ0) is 17.9. The molecule has 0 spiro atoms. The third-order valence-electron chi connectivity index (χ3n) is 4.51. The number of esters is 1. The van der Waals surface area contributed by atoms with Crippen molar-refractivity contribution in [2.75, 3.05) is 0 Å². The minimum atomic E-state index is -1.11. The molecule has 0 aromatic heterocycles. The van der Waals surface area contributed by atoms with Crippen molar-refractivity contribution < 1.29 is 19.4 Å². The van der Waals surface area contributed by atoms with E-state index in [1.807, 2.05) is 0 Å². The Morgan fingerprint density at radius 1 is 1.04 bits per heavy atom. The van der Waals surface area contributed by atoms with E-state index in [-0.39, 0.29) is 23.1 Å². The molecule has 0 radical (unpaired) electrons. The van der Waals surface area contributed by atoms with E-state index in [1.54, 1.807) is 12.1 Å². The van der Waals surface area contributed by atoms with E-state index >= 15 is 0 Å². The molecule has 1 aromatic rings. The Hall–Kier alpha value is -1.84. The van der Waals surface area contributed by atoms with Gasteiger partial charge >= 0.3 is 11.9 Å². The minimum absolute atomic E-state index is 0.00616. The SMILES string of the molecule is CCCCCCCC(OC(=O)c1ccccc1C(=O)O)C(C)CC. The van der Waals surface area contributed by atoms with Gasteiger partial charge in [0.25, 0.3) is 0 Å². The van der Waals surface area contributed by atoms with Crippen LogP contribution in [0.5, 0.6) is 0 Å². The average Bonchev–Trinajstić information content (AvgIpc) is 2.59. The Kier molecular flexibility index (Phi) is 9.13. The van der Waals surface area contributed by atoms with E-state index in [1.165, 1.54) is 31.4 Å². The summed E-state index contributed by atoms with van der Waals surface area (Å²) in [6, 6.07) is 6.22. The summed E-state index contributed by atoms with van der Waals surface area (Å²) in [5, 5.41) is 9.22. The molecule has 0 fully saturated rings. The number of carbonyl (C=O) groups is 2. The fourth-order valence-electron chi connectivity index (χ4n) is 2.72. The second-order valence-electron chi connectivity index (χ2n) is 6.38. The molecule has 0 saturated carbocycles. The number of carboxylic acids is 1. The number of benzene rings is 1. The summed E-state index contributed by atoms with van der Waals surface area (Å²) in [6.07, 6.45) is 7.42. The molecular weight excluding hydrogens is 304 g/mol. The Labute approximate surface area is 145 Å². The van der Waals surface area contributed by atoms with Gasteiger partial charge in [-0.05, 0) is 30.9 Å². The van der Waals surface area contributed by atoms with Gasteiger partial charge < -0.3 is 9.84 Å². The van der Waals surface area contributed by atoms with Gasteiger partial charge in [0.1, 0.15) is 6.10 Å². The van der Waals surface area contributed by atoms with Crippen LogP contribution in [0.15, 0.2) is 24.3 Å². The topological polar surface area (TPSA) is 63.6 Å². The normalized spacial score (nSPS) is 13.3. The van der Waals surface area contributed by atoms with Crippen molar-refractivity contribution in [3.63, 3.8) is 0 Å². The molecular formula is C20H30O4. The second kappa shape index (κ2) is 10.8. The highest BCUT2D eigenvalue weighted by atomic mass is 16.5. The molecule has 0 bridgehead atoms. The number of rotatable bonds is 11. The highest BCUT2D eigenvalue weighted by Gasteiger charge is 2.23. The van der Waals surface area contributed by atoms with E-state index in [0.717, 1.165) is 25.7 Å². The van der Waals surface area contributed by atoms with Gasteiger partial charge in [-0.1, -0.05) is 65.0 Å². The lowest BCUT2D eigenvalue weighted by Gasteiger charge is -2.23. The van der Waals surface area contributed by atoms with Gasteiger partial charge in [0.2, 0.25) is 0 Å². The predicted octanol–water partition coefficient (Wildman–Crippen LogP) is 5.32. The quantitative estimate of drug-likeness (QED) is 0.439. The monoisotopic (exact) mass is 334 g/mol. The van der Waals surface area contributed by atoms with Crippen molar-refractivity contribution in [2.45, 2.75) is 71.8 Å². The maximum absolute atomic E-state index is 12.5. The van der Waals surface area contributed by atoms with Crippen molar-refractivity contribution in [1.82, 2.24) is 0 Å². The number of ether oxygens (including phenoxy) is 1. The first-order valence-electron chi connectivity index (χ1n) is 9.04. The van der Waals surface area contributed by atoms with Gasteiger partial charge in [0.15, 0.2) is 0 Å². The summed E-state index contributed by atoms with van der Waals surface area (Å²) in [5.41, 5.74) is 0.123. The van der Waals surface area contributed by atoms with Crippen LogP contribution in [0.3, 0.4) is 0 Å². The number of carboxylic acid groups (broad SMARTS) is 1. The van der Waals surface area contributed by atoms with Crippen molar-refractivity contribution in [2.24, 2.45) is 5.92 Å². The van der Waals surface area contributed by atoms with E-state index in [4.69, 9.17) is 4.74 Å². The highest BCUT2D eigenvalue weighted by Crippen LogP contribution is 2.21. The lowest BCUT2D eigenvalue weighted by atomic mass is 9.96. The Morgan fingerprint density at radius 3 is 2.25 bits per heavy atom. The Bertz CT molecular complexity index is 524. The molecule has 4 nitrogen and oxygen atoms in total. The van der Waals surface area contributed by atoms with Crippen LogP contribution >= 0.6 is 0 Å². The van der Waals surface area contributed by atoms with Gasteiger partial charge in [-0.15, -0.1) is 0 Å². The molecule has 0 aliphatic rings. The van der Waals surface area contributed by atoms with Crippen LogP contribution in [0, 0.1) is 5.92 Å². The van der Waals surface area contributed by atoms with Gasteiger partial charge in [-0.2, -0.15) is 0 Å². The van der Waals surface area contributed by atoms with Gasteiger partial charge in [0.05, 0.1) is 11.1 Å². The molecule has 0 amide bonds. The first-order valence-corrected chi connectivity index (χ1v) is 9.04. The zero-order valence-corrected chi connectivity index (χ0v) is 15.1. The molecule has 2 atom stereocenters. The minimum Gasteiger partial charge on any atom is -0.478 e. The summed E-state index contributed by atoms with van der Waals surface area (Å²) in [6.45, 7) is 6.34. The van der Waals surface area contributed by atoms with Crippen LogP contribution in [0.2, 0.25) is 0 Å². The summed E-state index contributed by atoms with van der Waals surface area (Å²) in [4.78, 5) is 23.7. The van der Waals surface area contributed by atoms with Crippen molar-refractivity contribution in [3.05, 3.63) is 35.4 Å². The van der Waals surface area contributed by atoms with Gasteiger partial charge in [-0.3, -0.25) is 0 Å². The average molecular weight is 334 g/mol. The Morgan fingerprint density at radius 2 is 1.67 bits per heavy atom. The Balaban J connectivity index is 2.72. The van der Waals surface area contributed by atoms with Crippen molar-refractivity contribution >= 4 is 11.9 Å². The van der Waals surface area contributed by atoms with Crippen LogP contribution in [-0.4, -0.2) is 23.1 Å². The number of hydrogen-bond acceptors (Lipinski definition) is 3. The first kappa shape index (κ1) is 20.2.